The third kappa shape index (κ3) is 6.23. The first-order valence-corrected chi connectivity index (χ1v) is 14.2. The van der Waals surface area contributed by atoms with E-state index in [1.807, 2.05) is 32.9 Å². The maximum Gasteiger partial charge on any atom is 0.410 e. The molecule has 202 valence electrons. The number of anilines is 2. The second kappa shape index (κ2) is 11.2. The van der Waals surface area contributed by atoms with Crippen molar-refractivity contribution in [3.63, 3.8) is 0 Å². The molecule has 5 rings (SSSR count). The number of thiazole rings is 1. The summed E-state index contributed by atoms with van der Waals surface area (Å²) in [4.78, 5) is 31.3. The standard InChI is InChI=1S/C28H35FN6O2S/c1-28(2,3)37-27(36)35-17-15-34(16-18-35)26-33-23(20-11-7-8-12-21(20)29)24(38-26)22-13-14-30-25(32-22)31-19-9-5-4-6-10-19/h7-8,11-14,19H,4-6,9-10,15-18H2,1-3H3,(H,30,31,32). The molecule has 1 saturated heterocycles. The molecule has 1 aromatic carbocycles. The predicted molar refractivity (Wildman–Crippen MR) is 149 cm³/mol. The van der Waals surface area contributed by atoms with Crippen LogP contribution < -0.4 is 10.2 Å². The lowest BCUT2D eigenvalue weighted by Crippen LogP contribution is -2.50. The van der Waals surface area contributed by atoms with E-state index in [2.05, 4.69) is 15.2 Å². The Balaban J connectivity index is 1.41. The van der Waals surface area contributed by atoms with Crippen LogP contribution in [0.3, 0.4) is 0 Å². The van der Waals surface area contributed by atoms with Gasteiger partial charge < -0.3 is 19.9 Å². The molecule has 1 aliphatic carbocycles. The maximum atomic E-state index is 14.9. The van der Waals surface area contributed by atoms with Crippen molar-refractivity contribution in [3.8, 4) is 21.8 Å². The lowest BCUT2D eigenvalue weighted by Gasteiger charge is -2.35. The molecule has 3 heterocycles. The Morgan fingerprint density at radius 3 is 2.50 bits per heavy atom. The molecule has 1 N–H and O–H groups in total. The second-order valence-corrected chi connectivity index (χ2v) is 11.8. The molecule has 0 atom stereocenters. The molecule has 0 unspecified atom stereocenters. The predicted octanol–water partition coefficient (Wildman–Crippen LogP) is 6.21. The minimum Gasteiger partial charge on any atom is -0.444 e. The Labute approximate surface area is 227 Å². The molecule has 3 aromatic rings. The molecule has 1 aliphatic heterocycles. The summed E-state index contributed by atoms with van der Waals surface area (Å²) in [5, 5.41) is 4.27. The van der Waals surface area contributed by atoms with Crippen molar-refractivity contribution in [2.75, 3.05) is 36.4 Å². The third-order valence-corrected chi connectivity index (χ3v) is 7.91. The van der Waals surface area contributed by atoms with E-state index in [1.165, 1.54) is 36.7 Å². The fourth-order valence-corrected chi connectivity index (χ4v) is 5.95. The van der Waals surface area contributed by atoms with Gasteiger partial charge in [-0.25, -0.2) is 24.1 Å². The summed E-state index contributed by atoms with van der Waals surface area (Å²) in [5.41, 5.74) is 1.19. The Hall–Kier alpha value is -3.27. The smallest absolute Gasteiger partial charge is 0.410 e. The topological polar surface area (TPSA) is 83.5 Å². The molecule has 2 aromatic heterocycles. The molecule has 38 heavy (non-hydrogen) atoms. The largest absolute Gasteiger partial charge is 0.444 e. The van der Waals surface area contributed by atoms with Crippen LogP contribution in [-0.4, -0.2) is 63.8 Å². The average Bonchev–Trinajstić information content (AvgIpc) is 3.34. The molecule has 2 fully saturated rings. The van der Waals surface area contributed by atoms with Crippen LogP contribution in [0.15, 0.2) is 36.5 Å². The molecular formula is C28H35FN6O2S. The van der Waals surface area contributed by atoms with Gasteiger partial charge in [0.05, 0.1) is 16.3 Å². The summed E-state index contributed by atoms with van der Waals surface area (Å²) in [7, 11) is 0. The van der Waals surface area contributed by atoms with Crippen molar-refractivity contribution in [2.45, 2.75) is 64.5 Å². The lowest BCUT2D eigenvalue weighted by atomic mass is 9.96. The zero-order valence-corrected chi connectivity index (χ0v) is 23.1. The van der Waals surface area contributed by atoms with Crippen molar-refractivity contribution in [1.82, 2.24) is 19.9 Å². The van der Waals surface area contributed by atoms with Gasteiger partial charge in [-0.3, -0.25) is 0 Å². The highest BCUT2D eigenvalue weighted by Gasteiger charge is 2.28. The average molecular weight is 539 g/mol. The number of ether oxygens (including phenoxy) is 1. The Kier molecular flexibility index (Phi) is 7.78. The number of piperazine rings is 1. The van der Waals surface area contributed by atoms with Crippen LogP contribution in [0, 0.1) is 5.82 Å². The van der Waals surface area contributed by atoms with Crippen LogP contribution in [0.4, 0.5) is 20.3 Å². The normalized spacial score (nSPS) is 16.9. The van der Waals surface area contributed by atoms with E-state index in [9.17, 15) is 9.18 Å². The fraction of sp³-hybridized carbons (Fsp3) is 0.500. The Morgan fingerprint density at radius 2 is 1.79 bits per heavy atom. The van der Waals surface area contributed by atoms with Crippen LogP contribution in [-0.2, 0) is 4.74 Å². The van der Waals surface area contributed by atoms with Crippen molar-refractivity contribution in [3.05, 3.63) is 42.3 Å². The van der Waals surface area contributed by atoms with Gasteiger partial charge in [-0.2, -0.15) is 0 Å². The van der Waals surface area contributed by atoms with Gasteiger partial charge in [0.15, 0.2) is 5.13 Å². The third-order valence-electron chi connectivity index (χ3n) is 6.77. The zero-order chi connectivity index (χ0) is 26.7. The first kappa shape index (κ1) is 26.3. The Morgan fingerprint density at radius 1 is 1.05 bits per heavy atom. The minimum atomic E-state index is -0.532. The zero-order valence-electron chi connectivity index (χ0n) is 22.2. The van der Waals surface area contributed by atoms with Gasteiger partial charge in [0.2, 0.25) is 5.95 Å². The number of aromatic nitrogens is 3. The fourth-order valence-electron chi connectivity index (χ4n) is 4.84. The molecule has 1 saturated carbocycles. The van der Waals surface area contributed by atoms with Gasteiger partial charge in [0.1, 0.15) is 11.4 Å². The quantitative estimate of drug-likeness (QED) is 0.414. The van der Waals surface area contributed by atoms with Crippen molar-refractivity contribution in [1.29, 1.82) is 0 Å². The summed E-state index contributed by atoms with van der Waals surface area (Å²) in [6.07, 6.45) is 7.39. The van der Waals surface area contributed by atoms with Crippen LogP contribution in [0.2, 0.25) is 0 Å². The molecule has 1 amide bonds. The van der Waals surface area contributed by atoms with Gasteiger partial charge >= 0.3 is 6.09 Å². The number of benzene rings is 1. The molecule has 8 nitrogen and oxygen atoms in total. The van der Waals surface area contributed by atoms with Crippen LogP contribution in [0.25, 0.3) is 21.8 Å². The highest BCUT2D eigenvalue weighted by molar-refractivity contribution is 7.19. The number of nitrogens with one attached hydrogen (secondary N) is 1. The van der Waals surface area contributed by atoms with Crippen molar-refractivity contribution >= 4 is 28.5 Å². The summed E-state index contributed by atoms with van der Waals surface area (Å²) in [6, 6.07) is 8.93. The van der Waals surface area contributed by atoms with E-state index in [4.69, 9.17) is 14.7 Å². The summed E-state index contributed by atoms with van der Waals surface area (Å²) in [5.74, 6) is 0.268. The number of nitrogens with zero attached hydrogens (tertiary/aromatic N) is 5. The van der Waals surface area contributed by atoms with Gasteiger partial charge in [0.25, 0.3) is 0 Å². The number of hydrogen-bond donors (Lipinski definition) is 1. The number of carbonyl (C=O) groups excluding carboxylic acids is 1. The highest BCUT2D eigenvalue weighted by Crippen LogP contribution is 2.41. The molecule has 2 aliphatic rings. The van der Waals surface area contributed by atoms with Gasteiger partial charge in [-0.1, -0.05) is 42.7 Å². The van der Waals surface area contributed by atoms with E-state index in [0.29, 0.717) is 55.1 Å². The van der Waals surface area contributed by atoms with Gasteiger partial charge in [0, 0.05) is 44.0 Å². The highest BCUT2D eigenvalue weighted by atomic mass is 32.1. The summed E-state index contributed by atoms with van der Waals surface area (Å²) >= 11 is 1.49. The van der Waals surface area contributed by atoms with E-state index >= 15 is 0 Å². The van der Waals surface area contributed by atoms with Crippen molar-refractivity contribution < 1.29 is 13.9 Å². The Bertz CT molecular complexity index is 1260. The van der Waals surface area contributed by atoms with Crippen LogP contribution >= 0.6 is 11.3 Å². The first-order chi connectivity index (χ1) is 18.3. The van der Waals surface area contributed by atoms with Crippen LogP contribution in [0.1, 0.15) is 52.9 Å². The monoisotopic (exact) mass is 538 g/mol. The number of carbonyl (C=O) groups is 1. The maximum absolute atomic E-state index is 14.9. The van der Waals surface area contributed by atoms with E-state index in [0.717, 1.165) is 22.9 Å². The lowest BCUT2D eigenvalue weighted by molar-refractivity contribution is 0.0240. The van der Waals surface area contributed by atoms with E-state index in [-0.39, 0.29) is 11.9 Å². The van der Waals surface area contributed by atoms with Gasteiger partial charge in [-0.05, 0) is 51.8 Å². The van der Waals surface area contributed by atoms with Crippen LogP contribution in [0.5, 0.6) is 0 Å². The SMILES string of the molecule is CC(C)(C)OC(=O)N1CCN(c2nc(-c3ccccc3F)c(-c3ccnc(NC4CCCCC4)n3)s2)CC1. The summed E-state index contributed by atoms with van der Waals surface area (Å²) in [6.45, 7) is 7.88. The van der Waals surface area contributed by atoms with Gasteiger partial charge in [-0.15, -0.1) is 0 Å². The minimum absolute atomic E-state index is 0.303. The second-order valence-electron chi connectivity index (χ2n) is 10.9. The molecule has 0 spiro atoms. The summed E-state index contributed by atoms with van der Waals surface area (Å²) < 4.78 is 20.5. The molecule has 0 radical (unpaired) electrons. The molecular weight excluding hydrogens is 503 g/mol. The van der Waals surface area contributed by atoms with Crippen molar-refractivity contribution in [2.24, 2.45) is 0 Å². The van der Waals surface area contributed by atoms with E-state index in [1.54, 1.807) is 23.2 Å². The molecule has 0 bridgehead atoms. The number of rotatable bonds is 5. The molecule has 10 heteroatoms. The van der Waals surface area contributed by atoms with E-state index < -0.39 is 5.60 Å². The number of halogens is 1. The number of hydrogen-bond acceptors (Lipinski definition) is 8. The number of amides is 1. The first-order valence-electron chi connectivity index (χ1n) is 13.4.